The summed E-state index contributed by atoms with van der Waals surface area (Å²) in [6, 6.07) is 7.99. The van der Waals surface area contributed by atoms with Crippen LogP contribution in [0.25, 0.3) is 0 Å². The van der Waals surface area contributed by atoms with Crippen molar-refractivity contribution in [2.45, 2.75) is 31.8 Å². The first kappa shape index (κ1) is 22.5. The maximum atomic E-state index is 6.16. The molecule has 0 spiro atoms. The number of aryl methyl sites for hydroxylation is 1. The van der Waals surface area contributed by atoms with E-state index in [0.29, 0.717) is 0 Å². The van der Waals surface area contributed by atoms with Crippen LogP contribution in [0.2, 0.25) is 5.02 Å². The Hall–Kier alpha value is -0.570. The van der Waals surface area contributed by atoms with Gasteiger partial charge < -0.3 is 20.1 Å². The van der Waals surface area contributed by atoms with Gasteiger partial charge in [-0.05, 0) is 37.3 Å². The lowest BCUT2D eigenvalue weighted by molar-refractivity contribution is 0.0420. The summed E-state index contributed by atoms with van der Waals surface area (Å²) >= 11 is 6.16. The van der Waals surface area contributed by atoms with Gasteiger partial charge in [0.05, 0.1) is 12.7 Å². The third-order valence-corrected chi connectivity index (χ3v) is 4.32. The highest BCUT2D eigenvalue weighted by Crippen LogP contribution is 2.16. The standard InChI is InChI=1S/C18H28ClN3O2.HI/c1-20-18(22-11-5-12-24-16-9-13-23-14-16)21-10-4-7-15-6-2-3-8-17(15)19;/h2-3,6,8,16H,4-5,7,9-14H2,1H3,(H2,20,21,22);1H. The minimum atomic E-state index is 0. The van der Waals surface area contributed by atoms with Gasteiger partial charge in [-0.15, -0.1) is 24.0 Å². The number of ether oxygens (including phenoxy) is 2. The third kappa shape index (κ3) is 9.08. The average Bonchev–Trinajstić information content (AvgIpc) is 3.11. The summed E-state index contributed by atoms with van der Waals surface area (Å²) in [5.41, 5.74) is 1.19. The Morgan fingerprint density at radius 3 is 2.72 bits per heavy atom. The van der Waals surface area contributed by atoms with Gasteiger partial charge in [-0.2, -0.15) is 0 Å². The quantitative estimate of drug-likeness (QED) is 0.246. The van der Waals surface area contributed by atoms with E-state index in [1.54, 1.807) is 7.05 Å². The maximum absolute atomic E-state index is 6.16. The summed E-state index contributed by atoms with van der Waals surface area (Å²) in [5.74, 6) is 0.832. The lowest BCUT2D eigenvalue weighted by Gasteiger charge is -2.13. The van der Waals surface area contributed by atoms with Crippen molar-refractivity contribution in [2.75, 3.05) is 40.0 Å². The number of hydrogen-bond donors (Lipinski definition) is 2. The number of halogens is 2. The van der Waals surface area contributed by atoms with Crippen molar-refractivity contribution >= 4 is 41.5 Å². The molecular weight excluding hydrogens is 453 g/mol. The van der Waals surface area contributed by atoms with Crippen LogP contribution in [0, 0.1) is 0 Å². The molecule has 2 rings (SSSR count). The molecule has 0 radical (unpaired) electrons. The molecule has 0 bridgehead atoms. The summed E-state index contributed by atoms with van der Waals surface area (Å²) in [6.07, 6.45) is 4.22. The molecule has 1 unspecified atom stereocenters. The van der Waals surface area contributed by atoms with Gasteiger partial charge in [0.15, 0.2) is 5.96 Å². The highest BCUT2D eigenvalue weighted by molar-refractivity contribution is 14.0. The molecular formula is C18H29ClIN3O2. The van der Waals surface area contributed by atoms with Gasteiger partial charge in [0, 0.05) is 38.4 Å². The van der Waals surface area contributed by atoms with Crippen molar-refractivity contribution in [1.29, 1.82) is 0 Å². The lowest BCUT2D eigenvalue weighted by Crippen LogP contribution is -2.38. The van der Waals surface area contributed by atoms with Crippen molar-refractivity contribution in [2.24, 2.45) is 4.99 Å². The van der Waals surface area contributed by atoms with E-state index in [4.69, 9.17) is 21.1 Å². The van der Waals surface area contributed by atoms with Gasteiger partial charge in [-0.3, -0.25) is 4.99 Å². The van der Waals surface area contributed by atoms with Crippen LogP contribution >= 0.6 is 35.6 Å². The Kier molecular flexibility index (Phi) is 12.2. The molecule has 1 saturated heterocycles. The van der Waals surface area contributed by atoms with Crippen molar-refractivity contribution < 1.29 is 9.47 Å². The van der Waals surface area contributed by atoms with E-state index < -0.39 is 0 Å². The molecule has 1 aliphatic heterocycles. The first-order valence-corrected chi connectivity index (χ1v) is 9.04. The average molecular weight is 482 g/mol. The first-order valence-electron chi connectivity index (χ1n) is 8.67. The predicted molar refractivity (Wildman–Crippen MR) is 114 cm³/mol. The number of benzene rings is 1. The molecule has 1 fully saturated rings. The molecule has 1 aliphatic rings. The minimum Gasteiger partial charge on any atom is -0.379 e. The van der Waals surface area contributed by atoms with Crippen LogP contribution in [0.15, 0.2) is 29.3 Å². The second kappa shape index (κ2) is 13.6. The van der Waals surface area contributed by atoms with Crippen LogP contribution in [0.4, 0.5) is 0 Å². The third-order valence-electron chi connectivity index (χ3n) is 3.95. The Bertz CT molecular complexity index is 511. The van der Waals surface area contributed by atoms with Crippen LogP contribution in [-0.4, -0.2) is 52.0 Å². The molecule has 1 heterocycles. The smallest absolute Gasteiger partial charge is 0.190 e. The highest BCUT2D eigenvalue weighted by atomic mass is 127. The number of hydrogen-bond acceptors (Lipinski definition) is 3. The van der Waals surface area contributed by atoms with Crippen LogP contribution in [0.1, 0.15) is 24.8 Å². The van der Waals surface area contributed by atoms with E-state index in [1.165, 1.54) is 5.56 Å². The number of rotatable bonds is 9. The molecule has 0 saturated carbocycles. The van der Waals surface area contributed by atoms with E-state index in [2.05, 4.69) is 21.7 Å². The van der Waals surface area contributed by atoms with Gasteiger partial charge in [0.2, 0.25) is 0 Å². The first-order chi connectivity index (χ1) is 11.8. The Balaban J connectivity index is 0.00000312. The minimum absolute atomic E-state index is 0. The number of guanidine groups is 1. The Morgan fingerprint density at radius 2 is 2.04 bits per heavy atom. The molecule has 7 heteroatoms. The van der Waals surface area contributed by atoms with Crippen molar-refractivity contribution in [3.8, 4) is 0 Å². The Labute approximate surface area is 172 Å². The highest BCUT2D eigenvalue weighted by Gasteiger charge is 2.15. The zero-order valence-corrected chi connectivity index (χ0v) is 17.9. The SMILES string of the molecule is CN=C(NCCCOC1CCOC1)NCCCc1ccccc1Cl.I. The van der Waals surface area contributed by atoms with Gasteiger partial charge in [-0.25, -0.2) is 0 Å². The molecule has 0 aliphatic carbocycles. The zero-order chi connectivity index (χ0) is 17.0. The number of aliphatic imine (C=N–C) groups is 1. The number of nitrogens with one attached hydrogen (secondary N) is 2. The van der Waals surface area contributed by atoms with Gasteiger partial charge in [0.1, 0.15) is 0 Å². The lowest BCUT2D eigenvalue weighted by atomic mass is 10.1. The van der Waals surface area contributed by atoms with Crippen LogP contribution in [0.3, 0.4) is 0 Å². The molecule has 142 valence electrons. The molecule has 0 amide bonds. The van der Waals surface area contributed by atoms with Crippen LogP contribution in [-0.2, 0) is 15.9 Å². The van der Waals surface area contributed by atoms with E-state index in [0.717, 1.165) is 69.6 Å². The number of nitrogens with zero attached hydrogens (tertiary/aromatic N) is 1. The molecule has 1 atom stereocenters. The topological polar surface area (TPSA) is 54.9 Å². The van der Waals surface area contributed by atoms with E-state index in [1.807, 2.05) is 18.2 Å². The second-order valence-corrected chi connectivity index (χ2v) is 6.24. The fourth-order valence-corrected chi connectivity index (χ4v) is 2.81. The normalized spacial score (nSPS) is 17.2. The molecule has 1 aromatic carbocycles. The predicted octanol–water partition coefficient (Wildman–Crippen LogP) is 3.25. The molecule has 5 nitrogen and oxygen atoms in total. The van der Waals surface area contributed by atoms with Crippen molar-refractivity contribution in [3.05, 3.63) is 34.9 Å². The van der Waals surface area contributed by atoms with E-state index in [9.17, 15) is 0 Å². The largest absolute Gasteiger partial charge is 0.379 e. The second-order valence-electron chi connectivity index (χ2n) is 5.83. The van der Waals surface area contributed by atoms with Crippen molar-refractivity contribution in [3.63, 3.8) is 0 Å². The Morgan fingerprint density at radius 1 is 1.28 bits per heavy atom. The zero-order valence-electron chi connectivity index (χ0n) is 14.8. The molecule has 2 N–H and O–H groups in total. The maximum Gasteiger partial charge on any atom is 0.190 e. The molecule has 1 aromatic rings. The van der Waals surface area contributed by atoms with Gasteiger partial charge >= 0.3 is 0 Å². The summed E-state index contributed by atoms with van der Waals surface area (Å²) in [6.45, 7) is 4.03. The molecule has 25 heavy (non-hydrogen) atoms. The van der Waals surface area contributed by atoms with E-state index in [-0.39, 0.29) is 30.1 Å². The monoisotopic (exact) mass is 481 g/mol. The summed E-state index contributed by atoms with van der Waals surface area (Å²) in [7, 11) is 1.79. The molecule has 0 aromatic heterocycles. The summed E-state index contributed by atoms with van der Waals surface area (Å²) in [5, 5.41) is 7.47. The van der Waals surface area contributed by atoms with E-state index >= 15 is 0 Å². The summed E-state index contributed by atoms with van der Waals surface area (Å²) < 4.78 is 11.0. The van der Waals surface area contributed by atoms with Crippen LogP contribution < -0.4 is 10.6 Å². The van der Waals surface area contributed by atoms with Gasteiger partial charge in [0.25, 0.3) is 0 Å². The van der Waals surface area contributed by atoms with Gasteiger partial charge in [-0.1, -0.05) is 29.8 Å². The fraction of sp³-hybridized carbons (Fsp3) is 0.611. The van der Waals surface area contributed by atoms with Crippen LogP contribution in [0.5, 0.6) is 0 Å². The summed E-state index contributed by atoms with van der Waals surface area (Å²) in [4.78, 5) is 4.23. The van der Waals surface area contributed by atoms with Crippen molar-refractivity contribution in [1.82, 2.24) is 10.6 Å². The fourth-order valence-electron chi connectivity index (χ4n) is 2.58.